The first kappa shape index (κ1) is 24.3. The zero-order valence-electron chi connectivity index (χ0n) is 19.9. The number of ether oxygens (including phenoxy) is 1. The number of rotatable bonds is 8. The maximum atomic E-state index is 13.2. The van der Waals surface area contributed by atoms with E-state index in [9.17, 15) is 14.7 Å². The lowest BCUT2D eigenvalue weighted by Gasteiger charge is -2.27. The topological polar surface area (TPSA) is 70.1 Å². The van der Waals surface area contributed by atoms with Crippen LogP contribution in [0.1, 0.15) is 49.9 Å². The summed E-state index contributed by atoms with van der Waals surface area (Å²) in [4.78, 5) is 30.2. The number of aliphatic hydroxyl groups is 1. The number of Topliss-reactive ketones (excluding diaryl/α,β-unsaturated/α-hetero) is 1. The van der Waals surface area contributed by atoms with Crippen LogP contribution in [0.15, 0.2) is 48.0 Å². The van der Waals surface area contributed by atoms with E-state index in [-0.39, 0.29) is 17.4 Å². The highest BCUT2D eigenvalue weighted by molar-refractivity contribution is 6.46. The lowest BCUT2D eigenvalue weighted by molar-refractivity contribution is -0.140. The van der Waals surface area contributed by atoms with E-state index in [0.29, 0.717) is 22.7 Å². The first-order valence-electron chi connectivity index (χ1n) is 11.9. The van der Waals surface area contributed by atoms with Crippen LogP contribution in [-0.4, -0.2) is 58.9 Å². The first-order valence-corrected chi connectivity index (χ1v) is 12.3. The van der Waals surface area contributed by atoms with Crippen molar-refractivity contribution >= 4 is 29.1 Å². The summed E-state index contributed by atoms with van der Waals surface area (Å²) in [7, 11) is 0. The van der Waals surface area contributed by atoms with E-state index in [1.54, 1.807) is 29.2 Å². The third kappa shape index (κ3) is 4.70. The van der Waals surface area contributed by atoms with Crippen molar-refractivity contribution in [2.75, 3.05) is 26.2 Å². The Kier molecular flexibility index (Phi) is 7.29. The summed E-state index contributed by atoms with van der Waals surface area (Å²) in [5.74, 6) is -0.649. The van der Waals surface area contributed by atoms with E-state index in [1.165, 1.54) is 0 Å². The normalized spacial score (nSPS) is 21.3. The molecule has 1 saturated heterocycles. The van der Waals surface area contributed by atoms with Crippen molar-refractivity contribution in [2.24, 2.45) is 0 Å². The molecule has 0 radical (unpaired) electrons. The second-order valence-corrected chi connectivity index (χ2v) is 9.32. The zero-order chi connectivity index (χ0) is 24.4. The molecule has 2 aliphatic heterocycles. The van der Waals surface area contributed by atoms with Gasteiger partial charge in [0.2, 0.25) is 0 Å². The predicted molar refractivity (Wildman–Crippen MR) is 133 cm³/mol. The summed E-state index contributed by atoms with van der Waals surface area (Å²) in [6.07, 6.45) is 1.52. The number of fused-ring (bicyclic) bond motifs is 1. The van der Waals surface area contributed by atoms with E-state index in [0.717, 1.165) is 43.8 Å². The van der Waals surface area contributed by atoms with Gasteiger partial charge in [0.15, 0.2) is 0 Å². The number of hydrogen-bond donors (Lipinski definition) is 1. The molecule has 0 aromatic heterocycles. The number of ketones is 1. The third-order valence-corrected chi connectivity index (χ3v) is 6.88. The number of likely N-dealkylation sites (tertiary alicyclic amines) is 1. The van der Waals surface area contributed by atoms with Crippen molar-refractivity contribution in [3.8, 4) is 5.75 Å². The van der Waals surface area contributed by atoms with E-state index in [1.807, 2.05) is 25.1 Å². The molecule has 0 aliphatic carbocycles. The Morgan fingerprint density at radius 1 is 1.18 bits per heavy atom. The van der Waals surface area contributed by atoms with Gasteiger partial charge in [0, 0.05) is 23.6 Å². The summed E-state index contributed by atoms with van der Waals surface area (Å²) in [6.45, 7) is 9.27. The van der Waals surface area contributed by atoms with Crippen LogP contribution < -0.4 is 4.74 Å². The fourth-order valence-corrected chi connectivity index (χ4v) is 5.06. The largest absolute Gasteiger partial charge is 0.507 e. The SMILES string of the molecule is CCN(CC)CCCN1C(=O)C(=O)/C(=C(/O)c2ccc3c(c2)C[C@@H](C)O3)[C@H]1c1cccc(Cl)c1. The van der Waals surface area contributed by atoms with Gasteiger partial charge in [-0.05, 0) is 74.4 Å². The van der Waals surface area contributed by atoms with E-state index >= 15 is 0 Å². The molecule has 2 aromatic carbocycles. The molecular formula is C27H31ClN2O4. The van der Waals surface area contributed by atoms with Crippen molar-refractivity contribution in [3.63, 3.8) is 0 Å². The summed E-state index contributed by atoms with van der Waals surface area (Å²) in [6, 6.07) is 11.8. The predicted octanol–water partition coefficient (Wildman–Crippen LogP) is 4.82. The highest BCUT2D eigenvalue weighted by atomic mass is 35.5. The lowest BCUT2D eigenvalue weighted by Crippen LogP contribution is -2.33. The average Bonchev–Trinajstić information content (AvgIpc) is 3.32. The van der Waals surface area contributed by atoms with E-state index in [2.05, 4.69) is 18.7 Å². The van der Waals surface area contributed by atoms with Gasteiger partial charge in [-0.3, -0.25) is 9.59 Å². The van der Waals surface area contributed by atoms with Gasteiger partial charge in [0.05, 0.1) is 11.6 Å². The molecule has 1 fully saturated rings. The molecule has 0 unspecified atom stereocenters. The maximum absolute atomic E-state index is 13.2. The van der Waals surface area contributed by atoms with Gasteiger partial charge in [0.1, 0.15) is 17.6 Å². The number of carbonyl (C=O) groups is 2. The Morgan fingerprint density at radius 2 is 1.94 bits per heavy atom. The maximum Gasteiger partial charge on any atom is 0.295 e. The molecule has 7 heteroatoms. The number of amides is 1. The lowest BCUT2D eigenvalue weighted by atomic mass is 9.94. The van der Waals surface area contributed by atoms with Crippen LogP contribution >= 0.6 is 11.6 Å². The Hall–Kier alpha value is -2.83. The molecule has 6 nitrogen and oxygen atoms in total. The minimum absolute atomic E-state index is 0.0650. The number of hydrogen-bond acceptors (Lipinski definition) is 5. The number of carbonyl (C=O) groups excluding carboxylic acids is 2. The molecule has 0 saturated carbocycles. The summed E-state index contributed by atoms with van der Waals surface area (Å²) in [5.41, 5.74) is 2.28. The minimum atomic E-state index is -0.696. The van der Waals surface area contributed by atoms with Crippen LogP contribution in [-0.2, 0) is 16.0 Å². The monoisotopic (exact) mass is 482 g/mol. The molecule has 2 aromatic rings. The Morgan fingerprint density at radius 3 is 2.65 bits per heavy atom. The van der Waals surface area contributed by atoms with Gasteiger partial charge in [-0.2, -0.15) is 0 Å². The van der Waals surface area contributed by atoms with Gasteiger partial charge in [-0.15, -0.1) is 0 Å². The molecule has 2 atom stereocenters. The summed E-state index contributed by atoms with van der Waals surface area (Å²) >= 11 is 6.26. The van der Waals surface area contributed by atoms with Crippen molar-refractivity contribution in [3.05, 3.63) is 69.8 Å². The minimum Gasteiger partial charge on any atom is -0.507 e. The number of halogens is 1. The van der Waals surface area contributed by atoms with Gasteiger partial charge >= 0.3 is 0 Å². The third-order valence-electron chi connectivity index (χ3n) is 6.64. The van der Waals surface area contributed by atoms with Crippen molar-refractivity contribution in [2.45, 2.75) is 45.8 Å². The summed E-state index contributed by atoms with van der Waals surface area (Å²) < 4.78 is 5.76. The van der Waals surface area contributed by atoms with Crippen LogP contribution in [0.3, 0.4) is 0 Å². The van der Waals surface area contributed by atoms with Crippen LogP contribution in [0.4, 0.5) is 0 Å². The van der Waals surface area contributed by atoms with Crippen LogP contribution in [0.25, 0.3) is 5.76 Å². The quantitative estimate of drug-likeness (QED) is 0.332. The molecule has 1 N–H and O–H groups in total. The van der Waals surface area contributed by atoms with Crippen molar-refractivity contribution < 1.29 is 19.4 Å². The Labute approximate surface area is 205 Å². The van der Waals surface area contributed by atoms with Gasteiger partial charge in [-0.25, -0.2) is 0 Å². The Balaban J connectivity index is 1.73. The van der Waals surface area contributed by atoms with Gasteiger partial charge in [0.25, 0.3) is 11.7 Å². The summed E-state index contributed by atoms with van der Waals surface area (Å²) in [5, 5.41) is 11.8. The molecule has 4 rings (SSSR count). The molecule has 2 heterocycles. The molecule has 1 amide bonds. The number of benzene rings is 2. The second-order valence-electron chi connectivity index (χ2n) is 8.88. The number of nitrogens with zero attached hydrogens (tertiary/aromatic N) is 2. The van der Waals surface area contributed by atoms with Crippen LogP contribution in [0.5, 0.6) is 5.75 Å². The molecule has 34 heavy (non-hydrogen) atoms. The fraction of sp³-hybridized carbons (Fsp3) is 0.407. The Bertz CT molecular complexity index is 1130. The standard InChI is InChI=1S/C27H31ClN2O4/c1-4-29(5-2)12-7-13-30-24(18-8-6-9-21(28)16-18)23(26(32)27(30)33)25(31)19-10-11-22-20(15-19)14-17(3)34-22/h6,8-11,15-17,24,31H,4-5,7,12-14H2,1-3H3/b25-23+/t17-,24-/m1/s1. The number of aliphatic hydroxyl groups excluding tert-OH is 1. The fourth-order valence-electron chi connectivity index (χ4n) is 4.86. The molecule has 180 valence electrons. The highest BCUT2D eigenvalue weighted by Crippen LogP contribution is 2.41. The van der Waals surface area contributed by atoms with Crippen LogP contribution in [0.2, 0.25) is 5.02 Å². The van der Waals surface area contributed by atoms with Crippen molar-refractivity contribution in [1.29, 1.82) is 0 Å². The zero-order valence-corrected chi connectivity index (χ0v) is 20.6. The first-order chi connectivity index (χ1) is 16.3. The van der Waals surface area contributed by atoms with E-state index < -0.39 is 17.7 Å². The highest BCUT2D eigenvalue weighted by Gasteiger charge is 2.46. The molecular weight excluding hydrogens is 452 g/mol. The van der Waals surface area contributed by atoms with Gasteiger partial charge in [-0.1, -0.05) is 37.6 Å². The molecule has 2 aliphatic rings. The second kappa shape index (κ2) is 10.2. The molecule has 0 bridgehead atoms. The smallest absolute Gasteiger partial charge is 0.295 e. The van der Waals surface area contributed by atoms with Crippen molar-refractivity contribution in [1.82, 2.24) is 9.80 Å². The van der Waals surface area contributed by atoms with E-state index in [4.69, 9.17) is 16.3 Å². The van der Waals surface area contributed by atoms with Crippen LogP contribution in [0, 0.1) is 0 Å². The average molecular weight is 483 g/mol. The van der Waals surface area contributed by atoms with Gasteiger partial charge < -0.3 is 19.6 Å². The molecule has 0 spiro atoms.